The lowest BCUT2D eigenvalue weighted by molar-refractivity contribution is 0.326. The van der Waals surface area contributed by atoms with Crippen molar-refractivity contribution in [2.24, 2.45) is 4.99 Å². The maximum Gasteiger partial charge on any atom is 0.113 e. The van der Waals surface area contributed by atoms with Crippen LogP contribution in [-0.2, 0) is 18.4 Å². The number of amidine groups is 1. The molecule has 30 heavy (non-hydrogen) atoms. The molecule has 0 radical (unpaired) electrons. The maximum atomic E-state index is 5.22. The van der Waals surface area contributed by atoms with E-state index in [-0.39, 0.29) is 5.41 Å². The van der Waals surface area contributed by atoms with Gasteiger partial charge in [-0.3, -0.25) is 0 Å². The van der Waals surface area contributed by atoms with Crippen molar-refractivity contribution < 1.29 is 0 Å². The van der Waals surface area contributed by atoms with Gasteiger partial charge in [0.25, 0.3) is 0 Å². The van der Waals surface area contributed by atoms with Crippen LogP contribution in [0.15, 0.2) is 17.1 Å². The molecule has 2 aliphatic heterocycles. The zero-order valence-electron chi connectivity index (χ0n) is 18.9. The van der Waals surface area contributed by atoms with Gasteiger partial charge in [-0.1, -0.05) is 38.7 Å². The molecular formula is C26H40N4. The highest BCUT2D eigenvalue weighted by Crippen LogP contribution is 2.52. The van der Waals surface area contributed by atoms with Crippen molar-refractivity contribution in [2.45, 2.75) is 95.6 Å². The number of benzene rings is 1. The first-order valence-corrected chi connectivity index (χ1v) is 12.7. The highest BCUT2D eigenvalue weighted by Gasteiger charge is 2.49. The Morgan fingerprint density at radius 3 is 2.50 bits per heavy atom. The van der Waals surface area contributed by atoms with Gasteiger partial charge in [-0.25, -0.2) is 4.99 Å². The molecule has 1 aromatic carbocycles. The molecule has 0 amide bonds. The fourth-order valence-corrected chi connectivity index (χ4v) is 6.11. The zero-order valence-corrected chi connectivity index (χ0v) is 18.9. The number of hydrogen-bond donors (Lipinski definition) is 2. The minimum Gasteiger partial charge on any atom is -0.370 e. The van der Waals surface area contributed by atoms with E-state index in [2.05, 4.69) is 34.6 Å². The average Bonchev–Trinajstić information content (AvgIpc) is 3.36. The van der Waals surface area contributed by atoms with E-state index in [9.17, 15) is 0 Å². The van der Waals surface area contributed by atoms with Crippen LogP contribution < -0.4 is 10.6 Å². The summed E-state index contributed by atoms with van der Waals surface area (Å²) < 4.78 is 0. The Labute approximate surface area is 182 Å². The van der Waals surface area contributed by atoms with Crippen LogP contribution in [0.1, 0.15) is 87.8 Å². The molecule has 4 aliphatic rings. The van der Waals surface area contributed by atoms with Crippen LogP contribution in [0.3, 0.4) is 0 Å². The van der Waals surface area contributed by atoms with Gasteiger partial charge in [-0.2, -0.15) is 0 Å². The Morgan fingerprint density at radius 2 is 1.80 bits per heavy atom. The first kappa shape index (κ1) is 20.5. The third kappa shape index (κ3) is 3.93. The minimum atomic E-state index is 0.207. The Kier molecular flexibility index (Phi) is 6.15. The smallest absolute Gasteiger partial charge is 0.113 e. The van der Waals surface area contributed by atoms with E-state index in [1.54, 1.807) is 0 Å². The third-order valence-electron chi connectivity index (χ3n) is 8.17. The zero-order chi connectivity index (χ0) is 20.4. The van der Waals surface area contributed by atoms with E-state index in [4.69, 9.17) is 4.99 Å². The van der Waals surface area contributed by atoms with E-state index in [1.165, 1.54) is 112 Å². The SMILES string of the molecule is CCc1cc2c(cc1CNCCN1CCCC1)N=C(NC1CCCCC1)C21CCC1. The van der Waals surface area contributed by atoms with Crippen molar-refractivity contribution in [3.05, 3.63) is 28.8 Å². The van der Waals surface area contributed by atoms with Crippen LogP contribution in [0.5, 0.6) is 0 Å². The summed E-state index contributed by atoms with van der Waals surface area (Å²) >= 11 is 0. The second kappa shape index (κ2) is 9.00. The van der Waals surface area contributed by atoms with Gasteiger partial charge < -0.3 is 15.5 Å². The van der Waals surface area contributed by atoms with Crippen LogP contribution in [0.4, 0.5) is 5.69 Å². The predicted octanol–water partition coefficient (Wildman–Crippen LogP) is 4.82. The molecule has 5 rings (SSSR count). The van der Waals surface area contributed by atoms with Crippen molar-refractivity contribution in [2.75, 3.05) is 26.2 Å². The lowest BCUT2D eigenvalue weighted by Gasteiger charge is -2.42. The minimum absolute atomic E-state index is 0.207. The lowest BCUT2D eigenvalue weighted by atomic mass is 9.63. The molecule has 1 aromatic rings. The van der Waals surface area contributed by atoms with Crippen LogP contribution in [-0.4, -0.2) is 43.0 Å². The highest BCUT2D eigenvalue weighted by atomic mass is 15.1. The van der Waals surface area contributed by atoms with Crippen molar-refractivity contribution in [1.82, 2.24) is 15.5 Å². The van der Waals surface area contributed by atoms with Gasteiger partial charge in [0.05, 0.1) is 11.1 Å². The van der Waals surface area contributed by atoms with Crippen LogP contribution in [0.25, 0.3) is 0 Å². The average molecular weight is 409 g/mol. The monoisotopic (exact) mass is 408 g/mol. The van der Waals surface area contributed by atoms with Gasteiger partial charge >= 0.3 is 0 Å². The van der Waals surface area contributed by atoms with Crippen LogP contribution in [0, 0.1) is 0 Å². The van der Waals surface area contributed by atoms with Crippen molar-refractivity contribution in [3.8, 4) is 0 Å². The molecular weight excluding hydrogens is 368 g/mol. The number of rotatable bonds is 7. The molecule has 2 N–H and O–H groups in total. The molecule has 2 aliphatic carbocycles. The Morgan fingerprint density at radius 1 is 1.00 bits per heavy atom. The molecule has 2 saturated carbocycles. The van der Waals surface area contributed by atoms with Crippen molar-refractivity contribution >= 4 is 11.5 Å². The number of hydrogen-bond acceptors (Lipinski definition) is 4. The number of nitrogens with zero attached hydrogens (tertiary/aromatic N) is 2. The molecule has 4 nitrogen and oxygen atoms in total. The van der Waals surface area contributed by atoms with Gasteiger partial charge in [-0.15, -0.1) is 0 Å². The molecule has 0 atom stereocenters. The molecule has 164 valence electrons. The lowest BCUT2D eigenvalue weighted by Crippen LogP contribution is -2.50. The molecule has 4 heteroatoms. The van der Waals surface area contributed by atoms with Gasteiger partial charge in [0, 0.05) is 25.7 Å². The van der Waals surface area contributed by atoms with Gasteiger partial charge in [0.1, 0.15) is 5.84 Å². The van der Waals surface area contributed by atoms with E-state index >= 15 is 0 Å². The summed E-state index contributed by atoms with van der Waals surface area (Å²) in [5, 5.41) is 7.64. The quantitative estimate of drug-likeness (QED) is 0.635. The second-order valence-electron chi connectivity index (χ2n) is 10.1. The summed E-state index contributed by atoms with van der Waals surface area (Å²) in [6.45, 7) is 8.12. The number of fused-ring (bicyclic) bond motifs is 2. The van der Waals surface area contributed by atoms with Crippen LogP contribution >= 0.6 is 0 Å². The Bertz CT molecular complexity index is 767. The van der Waals surface area contributed by atoms with E-state index in [0.717, 1.165) is 19.5 Å². The normalized spacial score (nSPS) is 23.4. The fraction of sp³-hybridized carbons (Fsp3) is 0.731. The fourth-order valence-electron chi connectivity index (χ4n) is 6.11. The number of nitrogens with one attached hydrogen (secondary N) is 2. The first-order valence-electron chi connectivity index (χ1n) is 12.7. The van der Waals surface area contributed by atoms with Gasteiger partial charge in [0.15, 0.2) is 0 Å². The molecule has 2 heterocycles. The third-order valence-corrected chi connectivity index (χ3v) is 8.17. The first-order chi connectivity index (χ1) is 14.8. The summed E-state index contributed by atoms with van der Waals surface area (Å²) in [4.78, 5) is 7.81. The topological polar surface area (TPSA) is 39.7 Å². The Hall–Kier alpha value is -1.39. The molecule has 0 unspecified atom stereocenters. The molecule has 1 saturated heterocycles. The molecule has 1 spiro atoms. The standard InChI is InChI=1S/C26H40N4/c1-2-20-17-23-24(18-21(20)19-27-13-16-30-14-6-7-15-30)29-25(26(23)11-8-12-26)28-22-9-4-3-5-10-22/h17-18,22,27H,2-16,19H2,1H3,(H,28,29). The highest BCUT2D eigenvalue weighted by molar-refractivity contribution is 6.01. The second-order valence-corrected chi connectivity index (χ2v) is 10.1. The maximum absolute atomic E-state index is 5.22. The molecule has 0 bridgehead atoms. The largest absolute Gasteiger partial charge is 0.370 e. The Balaban J connectivity index is 1.30. The van der Waals surface area contributed by atoms with Crippen molar-refractivity contribution in [3.63, 3.8) is 0 Å². The van der Waals surface area contributed by atoms with Gasteiger partial charge in [0.2, 0.25) is 0 Å². The molecule has 3 fully saturated rings. The van der Waals surface area contributed by atoms with E-state index < -0.39 is 0 Å². The van der Waals surface area contributed by atoms with Crippen LogP contribution in [0.2, 0.25) is 0 Å². The summed E-state index contributed by atoms with van der Waals surface area (Å²) in [6, 6.07) is 5.57. The summed E-state index contributed by atoms with van der Waals surface area (Å²) in [6.07, 6.45) is 14.5. The van der Waals surface area contributed by atoms with E-state index in [0.29, 0.717) is 6.04 Å². The summed E-state index contributed by atoms with van der Waals surface area (Å²) in [7, 11) is 0. The van der Waals surface area contributed by atoms with Gasteiger partial charge in [-0.05, 0) is 80.8 Å². The number of aryl methyl sites for hydroxylation is 1. The van der Waals surface area contributed by atoms with E-state index in [1.807, 2.05) is 0 Å². The van der Waals surface area contributed by atoms with Crippen molar-refractivity contribution in [1.29, 1.82) is 0 Å². The summed E-state index contributed by atoms with van der Waals surface area (Å²) in [5.41, 5.74) is 5.95. The number of aliphatic imine (C=N–C) groups is 1. The summed E-state index contributed by atoms with van der Waals surface area (Å²) in [5.74, 6) is 1.30. The molecule has 0 aromatic heterocycles. The number of likely N-dealkylation sites (tertiary alicyclic amines) is 1. The predicted molar refractivity (Wildman–Crippen MR) is 126 cm³/mol.